The Hall–Kier alpha value is -1.07. The fourth-order valence-electron chi connectivity index (χ4n) is 2.12. The lowest BCUT2D eigenvalue weighted by Gasteiger charge is -2.17. The van der Waals surface area contributed by atoms with Gasteiger partial charge in [-0.05, 0) is 19.4 Å². The number of para-hydroxylation sites is 1. The monoisotopic (exact) mass is 484 g/mol. The summed E-state index contributed by atoms with van der Waals surface area (Å²) in [6.07, 6.45) is 0.699. The van der Waals surface area contributed by atoms with Gasteiger partial charge in [0.2, 0.25) is 10.0 Å². The zero-order chi connectivity index (χ0) is 18.0. The molecule has 0 heterocycles. The molecule has 0 saturated heterocycles. The van der Waals surface area contributed by atoms with Crippen LogP contribution in [0.3, 0.4) is 0 Å². The van der Waals surface area contributed by atoms with E-state index in [1.54, 1.807) is 28.1 Å². The highest BCUT2D eigenvalue weighted by Crippen LogP contribution is 2.16. The van der Waals surface area contributed by atoms with Crippen molar-refractivity contribution in [2.75, 3.05) is 40.0 Å². The highest BCUT2D eigenvalue weighted by atomic mass is 127. The van der Waals surface area contributed by atoms with E-state index in [0.717, 1.165) is 11.3 Å². The third kappa shape index (κ3) is 8.23. The molecule has 2 N–H and O–H groups in total. The summed E-state index contributed by atoms with van der Waals surface area (Å²) in [5, 5.41) is 6.40. The normalized spacial score (nSPS) is 11.8. The van der Waals surface area contributed by atoms with Gasteiger partial charge in [0.05, 0.1) is 12.9 Å². The minimum absolute atomic E-state index is 0. The first-order valence-electron chi connectivity index (χ1n) is 7.95. The van der Waals surface area contributed by atoms with Crippen molar-refractivity contribution in [2.24, 2.45) is 4.99 Å². The number of nitrogens with zero attached hydrogens (tertiary/aromatic N) is 2. The van der Waals surface area contributed by atoms with Crippen LogP contribution in [0.5, 0.6) is 5.75 Å². The summed E-state index contributed by atoms with van der Waals surface area (Å²) in [5.41, 5.74) is 1.04. The van der Waals surface area contributed by atoms with Crippen LogP contribution in [0.1, 0.15) is 18.9 Å². The van der Waals surface area contributed by atoms with Gasteiger partial charge in [0, 0.05) is 39.3 Å². The van der Waals surface area contributed by atoms with Crippen molar-refractivity contribution in [2.45, 2.75) is 19.9 Å². The number of methoxy groups -OCH3 is 1. The first kappa shape index (κ1) is 23.9. The standard InChI is InChI=1S/C16H28N4O3S.HI/c1-5-24(21,22)20(3)12-8-11-18-16(17-2)19-13-14-9-6-7-10-15(14)23-4;/h6-7,9-10H,5,8,11-13H2,1-4H3,(H2,17,18,19);1H. The van der Waals surface area contributed by atoms with Crippen molar-refractivity contribution < 1.29 is 13.2 Å². The molecular formula is C16H29IN4O3S. The molecule has 0 aliphatic carbocycles. The summed E-state index contributed by atoms with van der Waals surface area (Å²) < 4.78 is 30.0. The molecule has 1 aromatic carbocycles. The average molecular weight is 484 g/mol. The third-order valence-corrected chi connectivity index (χ3v) is 5.51. The van der Waals surface area contributed by atoms with Crippen LogP contribution in [-0.4, -0.2) is 58.7 Å². The van der Waals surface area contributed by atoms with E-state index in [1.165, 1.54) is 4.31 Å². The highest BCUT2D eigenvalue weighted by molar-refractivity contribution is 14.0. The molecule has 0 aliphatic heterocycles. The predicted molar refractivity (Wildman–Crippen MR) is 113 cm³/mol. The Morgan fingerprint density at radius 1 is 1.28 bits per heavy atom. The molecular weight excluding hydrogens is 455 g/mol. The van der Waals surface area contributed by atoms with Gasteiger partial charge >= 0.3 is 0 Å². The Balaban J connectivity index is 0.00000576. The van der Waals surface area contributed by atoms with Crippen LogP contribution in [0.4, 0.5) is 0 Å². The molecule has 0 atom stereocenters. The fraction of sp³-hybridized carbons (Fsp3) is 0.562. The van der Waals surface area contributed by atoms with Crippen LogP contribution < -0.4 is 15.4 Å². The van der Waals surface area contributed by atoms with E-state index in [-0.39, 0.29) is 29.7 Å². The van der Waals surface area contributed by atoms with Crippen molar-refractivity contribution in [3.05, 3.63) is 29.8 Å². The second-order valence-electron chi connectivity index (χ2n) is 5.24. The zero-order valence-electron chi connectivity index (χ0n) is 15.3. The summed E-state index contributed by atoms with van der Waals surface area (Å²) in [6, 6.07) is 7.79. The molecule has 0 amide bonds. The summed E-state index contributed by atoms with van der Waals surface area (Å²) in [6.45, 7) is 3.35. The molecule has 9 heteroatoms. The Morgan fingerprint density at radius 2 is 1.96 bits per heavy atom. The molecule has 0 fully saturated rings. The number of rotatable bonds is 9. The fourth-order valence-corrected chi connectivity index (χ4v) is 2.96. The molecule has 0 radical (unpaired) electrons. The molecule has 25 heavy (non-hydrogen) atoms. The molecule has 1 aromatic rings. The number of benzene rings is 1. The van der Waals surface area contributed by atoms with Gasteiger partial charge in [-0.2, -0.15) is 0 Å². The van der Waals surface area contributed by atoms with E-state index in [4.69, 9.17) is 4.74 Å². The molecule has 7 nitrogen and oxygen atoms in total. The quantitative estimate of drug-likeness (QED) is 0.241. The summed E-state index contributed by atoms with van der Waals surface area (Å²) in [7, 11) is 1.84. The summed E-state index contributed by atoms with van der Waals surface area (Å²) in [4.78, 5) is 4.16. The number of halogens is 1. The lowest BCUT2D eigenvalue weighted by molar-refractivity contribution is 0.409. The van der Waals surface area contributed by atoms with E-state index < -0.39 is 10.0 Å². The Bertz CT molecular complexity index is 638. The topological polar surface area (TPSA) is 83.0 Å². The Morgan fingerprint density at radius 3 is 2.56 bits per heavy atom. The number of sulfonamides is 1. The van der Waals surface area contributed by atoms with Crippen molar-refractivity contribution >= 4 is 40.0 Å². The molecule has 0 bridgehead atoms. The van der Waals surface area contributed by atoms with Crippen LogP contribution in [-0.2, 0) is 16.6 Å². The molecule has 1 rings (SSSR count). The van der Waals surface area contributed by atoms with E-state index in [0.29, 0.717) is 32.0 Å². The van der Waals surface area contributed by atoms with Crippen LogP contribution >= 0.6 is 24.0 Å². The van der Waals surface area contributed by atoms with Crippen LogP contribution in [0, 0.1) is 0 Å². The molecule has 0 spiro atoms. The van der Waals surface area contributed by atoms with Gasteiger partial charge in [-0.1, -0.05) is 18.2 Å². The number of nitrogens with one attached hydrogen (secondary N) is 2. The first-order valence-corrected chi connectivity index (χ1v) is 9.56. The summed E-state index contributed by atoms with van der Waals surface area (Å²) >= 11 is 0. The van der Waals surface area contributed by atoms with Gasteiger partial charge in [0.15, 0.2) is 5.96 Å². The second-order valence-corrected chi connectivity index (χ2v) is 7.60. The molecule has 0 aromatic heterocycles. The smallest absolute Gasteiger partial charge is 0.213 e. The number of hydrogen-bond donors (Lipinski definition) is 2. The molecule has 0 saturated carbocycles. The Labute approximate surface area is 168 Å². The van der Waals surface area contributed by atoms with E-state index in [1.807, 2.05) is 24.3 Å². The van der Waals surface area contributed by atoms with Gasteiger partial charge in [-0.3, -0.25) is 4.99 Å². The minimum atomic E-state index is -3.11. The first-order chi connectivity index (χ1) is 11.4. The largest absolute Gasteiger partial charge is 0.496 e. The SMILES string of the molecule is CCS(=O)(=O)N(C)CCCNC(=NC)NCc1ccccc1OC.I. The van der Waals surface area contributed by atoms with Gasteiger partial charge in [-0.25, -0.2) is 12.7 Å². The lowest BCUT2D eigenvalue weighted by atomic mass is 10.2. The van der Waals surface area contributed by atoms with Crippen LogP contribution in [0.2, 0.25) is 0 Å². The zero-order valence-corrected chi connectivity index (χ0v) is 18.4. The molecule has 144 valence electrons. The van der Waals surface area contributed by atoms with Gasteiger partial charge in [0.1, 0.15) is 5.75 Å². The van der Waals surface area contributed by atoms with Crippen molar-refractivity contribution in [3.8, 4) is 5.75 Å². The van der Waals surface area contributed by atoms with Crippen LogP contribution in [0.15, 0.2) is 29.3 Å². The number of ether oxygens (including phenoxy) is 1. The maximum Gasteiger partial charge on any atom is 0.213 e. The van der Waals surface area contributed by atoms with Crippen molar-refractivity contribution in [3.63, 3.8) is 0 Å². The summed E-state index contributed by atoms with van der Waals surface area (Å²) in [5.74, 6) is 1.62. The number of guanidine groups is 1. The maximum absolute atomic E-state index is 11.7. The van der Waals surface area contributed by atoms with E-state index in [2.05, 4.69) is 15.6 Å². The van der Waals surface area contributed by atoms with Gasteiger partial charge in [0.25, 0.3) is 0 Å². The molecule has 0 unspecified atom stereocenters. The lowest BCUT2D eigenvalue weighted by Crippen LogP contribution is -2.38. The maximum atomic E-state index is 11.7. The van der Waals surface area contributed by atoms with E-state index in [9.17, 15) is 8.42 Å². The minimum Gasteiger partial charge on any atom is -0.496 e. The highest BCUT2D eigenvalue weighted by Gasteiger charge is 2.13. The molecule has 0 aliphatic rings. The third-order valence-electron chi connectivity index (χ3n) is 3.64. The second kappa shape index (κ2) is 12.3. The number of hydrogen-bond acceptors (Lipinski definition) is 4. The van der Waals surface area contributed by atoms with Crippen molar-refractivity contribution in [1.82, 2.24) is 14.9 Å². The van der Waals surface area contributed by atoms with Gasteiger partial charge in [-0.15, -0.1) is 24.0 Å². The van der Waals surface area contributed by atoms with E-state index >= 15 is 0 Å². The Kier molecular flexibility index (Phi) is 11.8. The predicted octanol–water partition coefficient (Wildman–Crippen LogP) is 1.65. The number of aliphatic imine (C=N–C) groups is 1. The van der Waals surface area contributed by atoms with Gasteiger partial charge < -0.3 is 15.4 Å². The van der Waals surface area contributed by atoms with Crippen LogP contribution in [0.25, 0.3) is 0 Å². The average Bonchev–Trinajstić information content (AvgIpc) is 2.61. The van der Waals surface area contributed by atoms with Crippen molar-refractivity contribution in [1.29, 1.82) is 0 Å².